The van der Waals surface area contributed by atoms with Gasteiger partial charge in [0.1, 0.15) is 15.6 Å². The molecule has 1 heterocycles. The van der Waals surface area contributed by atoms with Crippen molar-refractivity contribution in [1.82, 2.24) is 9.97 Å². The normalized spacial score (nSPS) is 10.7. The number of anilines is 1. The van der Waals surface area contributed by atoms with Crippen LogP contribution in [0.5, 0.6) is 5.88 Å². The van der Waals surface area contributed by atoms with Gasteiger partial charge in [-0.05, 0) is 28.1 Å². The van der Waals surface area contributed by atoms with Crippen molar-refractivity contribution in [3.05, 3.63) is 40.6 Å². The lowest BCUT2D eigenvalue weighted by atomic mass is 10.2. The molecule has 0 atom stereocenters. The zero-order valence-electron chi connectivity index (χ0n) is 10.7. The van der Waals surface area contributed by atoms with Gasteiger partial charge in [0.15, 0.2) is 0 Å². The van der Waals surface area contributed by atoms with Gasteiger partial charge in [-0.2, -0.15) is 5.26 Å². The second-order valence-corrected chi connectivity index (χ2v) is 6.23. The van der Waals surface area contributed by atoms with Gasteiger partial charge in [0.05, 0.1) is 18.9 Å². The van der Waals surface area contributed by atoms with Gasteiger partial charge in [0.2, 0.25) is 5.82 Å². The molecule has 0 spiro atoms. The highest BCUT2D eigenvalue weighted by molar-refractivity contribution is 9.10. The van der Waals surface area contributed by atoms with Gasteiger partial charge >= 0.3 is 0 Å². The Morgan fingerprint density at radius 2 is 2.10 bits per heavy atom. The fourth-order valence-electron chi connectivity index (χ4n) is 1.54. The van der Waals surface area contributed by atoms with E-state index in [1.165, 1.54) is 31.5 Å². The summed E-state index contributed by atoms with van der Waals surface area (Å²) in [4.78, 5) is 7.72. The minimum absolute atomic E-state index is 0.0161. The number of ether oxygens (including phenoxy) is 1. The number of rotatable bonds is 4. The van der Waals surface area contributed by atoms with Gasteiger partial charge in [-0.15, -0.1) is 0 Å². The number of nitrogens with zero attached hydrogens (tertiary/aromatic N) is 3. The van der Waals surface area contributed by atoms with E-state index >= 15 is 0 Å². The molecule has 1 N–H and O–H groups in total. The second kappa shape index (κ2) is 6.07. The lowest BCUT2D eigenvalue weighted by molar-refractivity contribution is 0.397. The Labute approximate surface area is 129 Å². The predicted molar refractivity (Wildman–Crippen MR) is 78.2 cm³/mol. The largest absolute Gasteiger partial charge is 0.478 e. The number of methoxy groups -OCH3 is 1. The molecule has 0 aliphatic heterocycles. The minimum atomic E-state index is -3.97. The Kier molecular flexibility index (Phi) is 4.40. The fourth-order valence-corrected chi connectivity index (χ4v) is 2.97. The van der Waals surface area contributed by atoms with Gasteiger partial charge < -0.3 is 4.74 Å². The molecule has 2 aromatic rings. The Morgan fingerprint density at radius 1 is 1.38 bits per heavy atom. The van der Waals surface area contributed by atoms with Crippen molar-refractivity contribution in [3.8, 4) is 11.9 Å². The summed E-state index contributed by atoms with van der Waals surface area (Å²) in [5.41, 5.74) is 0.0361. The number of nitriles is 1. The lowest BCUT2D eigenvalue weighted by Crippen LogP contribution is -2.16. The Morgan fingerprint density at radius 3 is 2.76 bits per heavy atom. The average Bonchev–Trinajstić information content (AvgIpc) is 2.48. The molecule has 108 valence electrons. The SMILES string of the molecule is COc1nc(Br)cnc1NS(=O)(=O)c1ccccc1C#N. The molecule has 0 amide bonds. The molecule has 0 saturated carbocycles. The number of hydrogen-bond acceptors (Lipinski definition) is 6. The highest BCUT2D eigenvalue weighted by atomic mass is 79.9. The lowest BCUT2D eigenvalue weighted by Gasteiger charge is -2.10. The first-order valence-electron chi connectivity index (χ1n) is 5.56. The van der Waals surface area contributed by atoms with Crippen LogP contribution in [0.25, 0.3) is 0 Å². The van der Waals surface area contributed by atoms with Crippen molar-refractivity contribution >= 4 is 31.8 Å². The van der Waals surface area contributed by atoms with Gasteiger partial charge in [-0.3, -0.25) is 4.72 Å². The molecule has 7 nitrogen and oxygen atoms in total. The molecule has 0 saturated heterocycles. The van der Waals surface area contributed by atoms with E-state index in [1.54, 1.807) is 6.07 Å². The van der Waals surface area contributed by atoms with E-state index in [0.717, 1.165) is 0 Å². The smallest absolute Gasteiger partial charge is 0.264 e. The average molecular weight is 369 g/mol. The highest BCUT2D eigenvalue weighted by Crippen LogP contribution is 2.24. The van der Waals surface area contributed by atoms with Crippen molar-refractivity contribution in [2.75, 3.05) is 11.8 Å². The van der Waals surface area contributed by atoms with Crippen LogP contribution >= 0.6 is 15.9 Å². The third-order valence-electron chi connectivity index (χ3n) is 2.43. The van der Waals surface area contributed by atoms with Gasteiger partial charge in [-0.25, -0.2) is 18.4 Å². The van der Waals surface area contributed by atoms with Crippen molar-refractivity contribution in [2.45, 2.75) is 4.90 Å². The number of halogens is 1. The molecular formula is C12H9BrN4O3S. The summed E-state index contributed by atoms with van der Waals surface area (Å²) in [7, 11) is -2.63. The summed E-state index contributed by atoms with van der Waals surface area (Å²) < 4.78 is 32.3. The third-order valence-corrected chi connectivity index (χ3v) is 4.21. The summed E-state index contributed by atoms with van der Waals surface area (Å²) in [5.74, 6) is -0.0455. The number of aromatic nitrogens is 2. The molecule has 1 aromatic heterocycles. The molecule has 0 aliphatic rings. The molecular weight excluding hydrogens is 360 g/mol. The molecule has 21 heavy (non-hydrogen) atoms. The Hall–Kier alpha value is -2.18. The summed E-state index contributed by atoms with van der Waals surface area (Å²) in [5, 5.41) is 8.98. The third kappa shape index (κ3) is 3.29. The summed E-state index contributed by atoms with van der Waals surface area (Å²) in [6.45, 7) is 0. The minimum Gasteiger partial charge on any atom is -0.478 e. The standard InChI is InChI=1S/C12H9BrN4O3S/c1-20-12-11(15-7-10(13)16-12)17-21(18,19)9-5-3-2-4-8(9)6-14/h2-5,7H,1H3,(H,15,17). The van der Waals surface area contributed by atoms with E-state index in [9.17, 15) is 8.42 Å². The first-order chi connectivity index (χ1) is 9.97. The Balaban J connectivity index is 2.45. The first kappa shape index (κ1) is 15.2. The maximum atomic E-state index is 12.3. The number of hydrogen-bond donors (Lipinski definition) is 1. The first-order valence-corrected chi connectivity index (χ1v) is 7.84. The summed E-state index contributed by atoms with van der Waals surface area (Å²) in [6, 6.07) is 7.69. The van der Waals surface area contributed by atoms with E-state index in [0.29, 0.717) is 4.60 Å². The van der Waals surface area contributed by atoms with E-state index in [2.05, 4.69) is 30.6 Å². The van der Waals surface area contributed by atoms with E-state index in [-0.39, 0.29) is 22.2 Å². The van der Waals surface area contributed by atoms with Crippen molar-refractivity contribution < 1.29 is 13.2 Å². The zero-order valence-corrected chi connectivity index (χ0v) is 13.1. The number of nitrogens with one attached hydrogen (secondary N) is 1. The molecule has 0 bridgehead atoms. The molecule has 0 unspecified atom stereocenters. The molecule has 1 aromatic carbocycles. The maximum absolute atomic E-state index is 12.3. The van der Waals surface area contributed by atoms with Gasteiger partial charge in [0, 0.05) is 0 Å². The van der Waals surface area contributed by atoms with Crippen LogP contribution in [0, 0.1) is 11.3 Å². The van der Waals surface area contributed by atoms with Crippen LogP contribution < -0.4 is 9.46 Å². The van der Waals surface area contributed by atoms with Crippen LogP contribution in [0.2, 0.25) is 0 Å². The van der Waals surface area contributed by atoms with Crippen LogP contribution in [0.15, 0.2) is 40.0 Å². The van der Waals surface area contributed by atoms with Gasteiger partial charge in [-0.1, -0.05) is 12.1 Å². The Bertz CT molecular complexity index is 817. The van der Waals surface area contributed by atoms with E-state index in [1.807, 2.05) is 6.07 Å². The van der Waals surface area contributed by atoms with Crippen LogP contribution in [-0.2, 0) is 10.0 Å². The van der Waals surface area contributed by atoms with Crippen molar-refractivity contribution in [3.63, 3.8) is 0 Å². The summed E-state index contributed by atoms with van der Waals surface area (Å²) in [6.07, 6.45) is 1.33. The quantitative estimate of drug-likeness (QED) is 0.883. The van der Waals surface area contributed by atoms with Crippen molar-refractivity contribution in [2.24, 2.45) is 0 Å². The topological polar surface area (TPSA) is 105 Å². The second-order valence-electron chi connectivity index (χ2n) is 3.76. The maximum Gasteiger partial charge on any atom is 0.264 e. The molecule has 0 fully saturated rings. The molecule has 0 aliphatic carbocycles. The van der Waals surface area contributed by atoms with Crippen molar-refractivity contribution in [1.29, 1.82) is 5.26 Å². The van der Waals surface area contributed by atoms with E-state index in [4.69, 9.17) is 10.00 Å². The number of benzene rings is 1. The zero-order chi connectivity index (χ0) is 15.5. The fraction of sp³-hybridized carbons (Fsp3) is 0.0833. The van der Waals surface area contributed by atoms with E-state index < -0.39 is 10.0 Å². The van der Waals surface area contributed by atoms with Gasteiger partial charge in [0.25, 0.3) is 15.9 Å². The molecule has 2 rings (SSSR count). The van der Waals surface area contributed by atoms with Crippen LogP contribution in [0.1, 0.15) is 5.56 Å². The number of sulfonamides is 1. The molecule has 0 radical (unpaired) electrons. The van der Waals surface area contributed by atoms with Crippen LogP contribution in [-0.4, -0.2) is 25.5 Å². The predicted octanol–water partition coefficient (Wildman–Crippen LogP) is 1.92. The summed E-state index contributed by atoms with van der Waals surface area (Å²) >= 11 is 3.11. The van der Waals surface area contributed by atoms with Crippen LogP contribution in [0.4, 0.5) is 5.82 Å². The monoisotopic (exact) mass is 368 g/mol. The van der Waals surface area contributed by atoms with Crippen LogP contribution in [0.3, 0.4) is 0 Å². The molecule has 9 heteroatoms. The highest BCUT2D eigenvalue weighted by Gasteiger charge is 2.21.